The van der Waals surface area contributed by atoms with E-state index in [1.165, 1.54) is 25.7 Å². The molecule has 4 fully saturated rings. The van der Waals surface area contributed by atoms with E-state index in [9.17, 15) is 0 Å². The molecule has 21 heavy (non-hydrogen) atoms. The molecule has 4 rings (SSSR count). The fourth-order valence-corrected chi connectivity index (χ4v) is 4.51. The first kappa shape index (κ1) is 13.8. The summed E-state index contributed by atoms with van der Waals surface area (Å²) in [5.74, 6) is 2.58. The van der Waals surface area contributed by atoms with Gasteiger partial charge in [0.05, 0.1) is 12.2 Å². The van der Waals surface area contributed by atoms with Gasteiger partial charge in [-0.1, -0.05) is 0 Å². The Bertz CT molecular complexity index is 405. The van der Waals surface area contributed by atoms with Crippen LogP contribution in [0.25, 0.3) is 0 Å². The molecule has 4 atom stereocenters. The van der Waals surface area contributed by atoms with Gasteiger partial charge in [-0.05, 0) is 32.7 Å². The number of likely N-dealkylation sites (N-methyl/N-ethyl adjacent to an activating group) is 1. The standard InChI is InChI=1S/C16H28N4O/c1-17-16(18-7-8-19(2)11-3-4-11)20-9-12-13(10-20)15-6-5-14(12)21-15/h11-15H,3-10H2,1-2H3,(H,17,18). The highest BCUT2D eigenvalue weighted by molar-refractivity contribution is 5.80. The van der Waals surface area contributed by atoms with E-state index < -0.39 is 0 Å². The third-order valence-electron chi connectivity index (χ3n) is 5.88. The second-order valence-corrected chi connectivity index (χ2v) is 7.21. The monoisotopic (exact) mass is 292 g/mol. The van der Waals surface area contributed by atoms with E-state index in [1.54, 1.807) is 0 Å². The first-order chi connectivity index (χ1) is 10.3. The van der Waals surface area contributed by atoms with Gasteiger partial charge < -0.3 is 19.9 Å². The minimum absolute atomic E-state index is 0.532. The van der Waals surface area contributed by atoms with Gasteiger partial charge in [0.25, 0.3) is 0 Å². The zero-order chi connectivity index (χ0) is 14.4. The van der Waals surface area contributed by atoms with Crippen LogP contribution in [-0.4, -0.2) is 74.3 Å². The van der Waals surface area contributed by atoms with E-state index in [4.69, 9.17) is 4.74 Å². The van der Waals surface area contributed by atoms with E-state index in [-0.39, 0.29) is 0 Å². The first-order valence-electron chi connectivity index (χ1n) is 8.57. The highest BCUT2D eigenvalue weighted by Gasteiger charge is 2.53. The lowest BCUT2D eigenvalue weighted by Crippen LogP contribution is -2.44. The average Bonchev–Trinajstić information content (AvgIpc) is 2.95. The predicted octanol–water partition coefficient (Wildman–Crippen LogP) is 0.765. The van der Waals surface area contributed by atoms with Crippen molar-refractivity contribution >= 4 is 5.96 Å². The van der Waals surface area contributed by atoms with Crippen molar-refractivity contribution in [1.82, 2.24) is 15.1 Å². The van der Waals surface area contributed by atoms with Crippen molar-refractivity contribution in [2.45, 2.75) is 43.9 Å². The maximum absolute atomic E-state index is 6.05. The molecule has 5 nitrogen and oxygen atoms in total. The van der Waals surface area contributed by atoms with Crippen molar-refractivity contribution in [2.75, 3.05) is 40.3 Å². The Morgan fingerprint density at radius 2 is 1.86 bits per heavy atom. The lowest BCUT2D eigenvalue weighted by molar-refractivity contribution is 0.0767. The molecule has 5 heteroatoms. The third-order valence-corrected chi connectivity index (χ3v) is 5.88. The van der Waals surface area contributed by atoms with Gasteiger partial charge in [-0.15, -0.1) is 0 Å². The lowest BCUT2D eigenvalue weighted by atomic mass is 9.82. The van der Waals surface area contributed by atoms with Crippen LogP contribution in [0.2, 0.25) is 0 Å². The van der Waals surface area contributed by atoms with Gasteiger partial charge in [0.15, 0.2) is 5.96 Å². The lowest BCUT2D eigenvalue weighted by Gasteiger charge is -2.24. The second-order valence-electron chi connectivity index (χ2n) is 7.21. The molecule has 4 unspecified atom stereocenters. The fourth-order valence-electron chi connectivity index (χ4n) is 4.51. The molecule has 0 aromatic rings. The SMILES string of the molecule is CN=C(NCCN(C)C1CC1)N1CC2C3CCC(O3)C2C1. The van der Waals surface area contributed by atoms with Crippen LogP contribution >= 0.6 is 0 Å². The summed E-state index contributed by atoms with van der Waals surface area (Å²) >= 11 is 0. The van der Waals surface area contributed by atoms with Crippen LogP contribution in [0.5, 0.6) is 0 Å². The maximum atomic E-state index is 6.05. The summed E-state index contributed by atoms with van der Waals surface area (Å²) in [7, 11) is 4.14. The van der Waals surface area contributed by atoms with Crippen molar-refractivity contribution in [3.05, 3.63) is 0 Å². The Morgan fingerprint density at radius 1 is 1.19 bits per heavy atom. The van der Waals surface area contributed by atoms with Gasteiger partial charge in [0.1, 0.15) is 0 Å². The molecule has 0 amide bonds. The number of ether oxygens (including phenoxy) is 1. The number of hydrogen-bond donors (Lipinski definition) is 1. The van der Waals surface area contributed by atoms with Crippen LogP contribution in [0.15, 0.2) is 4.99 Å². The number of rotatable bonds is 4. The number of nitrogens with zero attached hydrogens (tertiary/aromatic N) is 3. The van der Waals surface area contributed by atoms with Crippen LogP contribution in [0.4, 0.5) is 0 Å². The largest absolute Gasteiger partial charge is 0.374 e. The Balaban J connectivity index is 1.28. The molecule has 118 valence electrons. The van der Waals surface area contributed by atoms with E-state index in [0.717, 1.165) is 50.0 Å². The first-order valence-corrected chi connectivity index (χ1v) is 8.57. The topological polar surface area (TPSA) is 40.1 Å². The number of aliphatic imine (C=N–C) groups is 1. The molecule has 0 aromatic heterocycles. The summed E-state index contributed by atoms with van der Waals surface area (Å²) in [4.78, 5) is 9.42. The number of guanidine groups is 1. The van der Waals surface area contributed by atoms with E-state index in [2.05, 4.69) is 27.2 Å². The van der Waals surface area contributed by atoms with Gasteiger partial charge >= 0.3 is 0 Å². The summed E-state index contributed by atoms with van der Waals surface area (Å²) in [6.45, 7) is 4.36. The molecule has 2 bridgehead atoms. The van der Waals surface area contributed by atoms with E-state index in [1.807, 2.05) is 7.05 Å². The quantitative estimate of drug-likeness (QED) is 0.614. The van der Waals surface area contributed by atoms with Crippen LogP contribution in [0.3, 0.4) is 0 Å². The summed E-state index contributed by atoms with van der Waals surface area (Å²) < 4.78 is 6.05. The molecular formula is C16H28N4O. The molecule has 0 aromatic carbocycles. The van der Waals surface area contributed by atoms with Gasteiger partial charge in [0, 0.05) is 51.1 Å². The molecule has 1 saturated carbocycles. The van der Waals surface area contributed by atoms with Gasteiger partial charge in [-0.25, -0.2) is 0 Å². The Labute approximate surface area is 127 Å². The predicted molar refractivity (Wildman–Crippen MR) is 83.5 cm³/mol. The van der Waals surface area contributed by atoms with E-state index in [0.29, 0.717) is 12.2 Å². The molecular weight excluding hydrogens is 264 g/mol. The minimum atomic E-state index is 0.532. The molecule has 0 radical (unpaired) electrons. The van der Waals surface area contributed by atoms with Gasteiger partial charge in [-0.2, -0.15) is 0 Å². The van der Waals surface area contributed by atoms with Crippen molar-refractivity contribution in [3.8, 4) is 0 Å². The van der Waals surface area contributed by atoms with E-state index >= 15 is 0 Å². The smallest absolute Gasteiger partial charge is 0.193 e. The molecule has 4 aliphatic rings. The molecule has 0 spiro atoms. The van der Waals surface area contributed by atoms with Crippen molar-refractivity contribution in [2.24, 2.45) is 16.8 Å². The number of likely N-dealkylation sites (tertiary alicyclic amines) is 1. The summed E-state index contributed by atoms with van der Waals surface area (Å²) in [5.41, 5.74) is 0. The van der Waals surface area contributed by atoms with Crippen molar-refractivity contribution in [1.29, 1.82) is 0 Å². The Kier molecular flexibility index (Phi) is 3.58. The zero-order valence-electron chi connectivity index (χ0n) is 13.3. The van der Waals surface area contributed by atoms with Crippen molar-refractivity contribution in [3.63, 3.8) is 0 Å². The van der Waals surface area contributed by atoms with Crippen LogP contribution in [0.1, 0.15) is 25.7 Å². The zero-order valence-corrected chi connectivity index (χ0v) is 13.3. The number of fused-ring (bicyclic) bond motifs is 5. The minimum Gasteiger partial charge on any atom is -0.374 e. The molecule has 3 aliphatic heterocycles. The van der Waals surface area contributed by atoms with Crippen LogP contribution in [-0.2, 0) is 4.74 Å². The molecule has 3 heterocycles. The Hall–Kier alpha value is -0.810. The highest BCUT2D eigenvalue weighted by atomic mass is 16.5. The summed E-state index contributed by atoms with van der Waals surface area (Å²) in [5, 5.41) is 3.56. The van der Waals surface area contributed by atoms with Gasteiger partial charge in [-0.3, -0.25) is 4.99 Å². The molecule has 3 saturated heterocycles. The summed E-state index contributed by atoms with van der Waals surface area (Å²) in [6.07, 6.45) is 6.37. The summed E-state index contributed by atoms with van der Waals surface area (Å²) in [6, 6.07) is 0.840. The highest BCUT2D eigenvalue weighted by Crippen LogP contribution is 2.47. The third kappa shape index (κ3) is 2.55. The molecule has 1 N–H and O–H groups in total. The normalized spacial score (nSPS) is 38.4. The number of hydrogen-bond acceptors (Lipinski definition) is 3. The average molecular weight is 292 g/mol. The fraction of sp³-hybridized carbons (Fsp3) is 0.938. The van der Waals surface area contributed by atoms with Crippen LogP contribution < -0.4 is 5.32 Å². The van der Waals surface area contributed by atoms with Gasteiger partial charge in [0.2, 0.25) is 0 Å². The van der Waals surface area contributed by atoms with Crippen molar-refractivity contribution < 1.29 is 4.74 Å². The number of nitrogens with one attached hydrogen (secondary N) is 1. The van der Waals surface area contributed by atoms with Crippen LogP contribution in [0, 0.1) is 11.8 Å². The maximum Gasteiger partial charge on any atom is 0.193 e. The second kappa shape index (κ2) is 5.43. The Morgan fingerprint density at radius 3 is 2.43 bits per heavy atom. The molecule has 1 aliphatic carbocycles.